The smallest absolute Gasteiger partial charge is 0.462 e. The van der Waals surface area contributed by atoms with Gasteiger partial charge in [0.25, 0.3) is 0 Å². The van der Waals surface area contributed by atoms with E-state index in [2.05, 4.69) is 192 Å². The van der Waals surface area contributed by atoms with Crippen molar-refractivity contribution in [3.05, 3.63) is 182 Å². The number of phosphoric acid groups is 2. The van der Waals surface area contributed by atoms with Gasteiger partial charge in [-0.15, -0.1) is 0 Å². The van der Waals surface area contributed by atoms with Crippen LogP contribution in [0.25, 0.3) is 0 Å². The third-order valence-electron chi connectivity index (χ3n) is 17.4. The molecule has 0 aliphatic carbocycles. The SMILES string of the molecule is CC/C=C\C/C=C\C/C=C\C/C=C\C/C=C\CCCCCC(=O)OC[C@H](COP(=O)(O)OC[C@@H](O)COP(=O)(O)OC[C@@H](COC(=O)CCCCCCCCCCCCCCCCC)OC(=O)CC/C=C\C/C=C\C/C=C\C/C=C\C/C=C\CCCCC)OC(=O)CCCCC/C=C\C/C=C\C/C=C\C/C=C\C/C=C\CC. The molecule has 636 valence electrons. The van der Waals surface area contributed by atoms with E-state index in [1.165, 1.54) is 83.5 Å². The maximum atomic E-state index is 13.1. The quantitative estimate of drug-likeness (QED) is 0.0169. The molecule has 0 bridgehead atoms. The predicted molar refractivity (Wildman–Crippen MR) is 463 cm³/mol. The van der Waals surface area contributed by atoms with Gasteiger partial charge < -0.3 is 33.8 Å². The van der Waals surface area contributed by atoms with E-state index in [0.717, 1.165) is 154 Å². The molecule has 112 heavy (non-hydrogen) atoms. The van der Waals surface area contributed by atoms with Crippen molar-refractivity contribution in [3.8, 4) is 0 Å². The number of unbranched alkanes of at least 4 members (excludes halogenated alkanes) is 23. The molecule has 0 amide bonds. The number of aliphatic hydroxyl groups is 1. The third kappa shape index (κ3) is 82.2. The Morgan fingerprint density at radius 1 is 0.259 bits per heavy atom. The number of hydrogen-bond donors (Lipinski definition) is 3. The Morgan fingerprint density at radius 3 is 0.786 bits per heavy atom. The largest absolute Gasteiger partial charge is 0.472 e. The van der Waals surface area contributed by atoms with Gasteiger partial charge in [-0.05, 0) is 154 Å². The molecule has 0 radical (unpaired) electrons. The van der Waals surface area contributed by atoms with Crippen molar-refractivity contribution in [2.24, 2.45) is 0 Å². The van der Waals surface area contributed by atoms with E-state index >= 15 is 0 Å². The van der Waals surface area contributed by atoms with Crippen molar-refractivity contribution in [1.82, 2.24) is 0 Å². The van der Waals surface area contributed by atoms with Crippen LogP contribution < -0.4 is 0 Å². The van der Waals surface area contributed by atoms with Gasteiger partial charge in [0.05, 0.1) is 26.4 Å². The fourth-order valence-corrected chi connectivity index (χ4v) is 12.5. The second kappa shape index (κ2) is 83.1. The molecular formula is C93H152O17P2. The topological polar surface area (TPSA) is 237 Å². The molecule has 3 N–H and O–H groups in total. The van der Waals surface area contributed by atoms with Gasteiger partial charge in [-0.1, -0.05) is 326 Å². The first kappa shape index (κ1) is 106. The van der Waals surface area contributed by atoms with Crippen LogP contribution in [0, 0.1) is 0 Å². The van der Waals surface area contributed by atoms with Crippen LogP contribution in [0.4, 0.5) is 0 Å². The second-order valence-corrected chi connectivity index (χ2v) is 30.9. The molecule has 0 aromatic heterocycles. The van der Waals surface area contributed by atoms with Gasteiger partial charge in [0, 0.05) is 25.7 Å². The zero-order valence-electron chi connectivity index (χ0n) is 69.8. The molecule has 0 aromatic carbocycles. The molecule has 0 fully saturated rings. The van der Waals surface area contributed by atoms with Crippen molar-refractivity contribution in [2.45, 2.75) is 341 Å². The van der Waals surface area contributed by atoms with Crippen molar-refractivity contribution in [1.29, 1.82) is 0 Å². The van der Waals surface area contributed by atoms with Gasteiger partial charge in [0.2, 0.25) is 0 Å². The molecular weight excluding hydrogens is 1450 g/mol. The standard InChI is InChI=1S/C93H152O17P2/c1-5-9-13-17-21-25-29-33-37-40-43-46-50-54-58-62-66-70-74-78-91(96)104-84-89(110-93(98)80-76-72-68-64-60-56-52-48-45-42-39-35-31-27-23-19-15-11-7-3)86-108-112(101,102)106-82-87(94)81-105-111(99,100)107-85-88(83-103-90(95)77-73-69-65-61-57-53-49-36-32-28-24-20-16-12-8-4)109-92(97)79-75-71-67-63-59-55-51-47-44-41-38-34-30-26-22-18-14-10-6-2/h9,11,13,15,21-23,25-27,33-35,37-39,43-48,54-56,58-60,67,71,87-89,94H,5-8,10,12,14,16-20,24,28-32,36,40-42,49-53,57,61-66,68-70,72-86H2,1-4H3,(H,99,100)(H,101,102)/b13-9-,15-11-,25-21-,26-22-,27-23-,37-33-,38-34-,39-35-,46-43-,47-44-,48-45-,58-54-,59-55-,60-56-,71-67-/t87-,88+,89+/m0/s1. The number of ether oxygens (including phenoxy) is 4. The van der Waals surface area contributed by atoms with E-state index in [9.17, 15) is 43.2 Å². The Labute approximate surface area is 679 Å². The molecule has 0 aromatic rings. The van der Waals surface area contributed by atoms with Gasteiger partial charge in [-0.3, -0.25) is 37.3 Å². The summed E-state index contributed by atoms with van der Waals surface area (Å²) in [5.41, 5.74) is 0. The predicted octanol–water partition coefficient (Wildman–Crippen LogP) is 25.9. The van der Waals surface area contributed by atoms with E-state index in [1.807, 2.05) is 18.2 Å². The van der Waals surface area contributed by atoms with E-state index in [1.54, 1.807) is 0 Å². The summed E-state index contributed by atoms with van der Waals surface area (Å²) in [6.45, 7) is 4.48. The highest BCUT2D eigenvalue weighted by molar-refractivity contribution is 7.47. The highest BCUT2D eigenvalue weighted by Gasteiger charge is 2.30. The van der Waals surface area contributed by atoms with Crippen LogP contribution in [0.15, 0.2) is 182 Å². The normalized spacial score (nSPS) is 14.7. The van der Waals surface area contributed by atoms with Crippen LogP contribution >= 0.6 is 15.6 Å². The lowest BCUT2D eigenvalue weighted by Gasteiger charge is -2.21. The van der Waals surface area contributed by atoms with Crippen LogP contribution in [0.2, 0.25) is 0 Å². The Hall–Kier alpha value is -5.84. The van der Waals surface area contributed by atoms with Crippen LogP contribution in [-0.2, 0) is 65.4 Å². The fourth-order valence-electron chi connectivity index (χ4n) is 10.9. The lowest BCUT2D eigenvalue weighted by Crippen LogP contribution is -2.30. The van der Waals surface area contributed by atoms with Crippen molar-refractivity contribution >= 4 is 39.5 Å². The summed E-state index contributed by atoms with van der Waals surface area (Å²) in [6, 6.07) is 0. The number of carbonyl (C=O) groups excluding carboxylic acids is 4. The van der Waals surface area contributed by atoms with Crippen LogP contribution in [-0.4, -0.2) is 96.7 Å². The van der Waals surface area contributed by atoms with Crippen molar-refractivity contribution in [2.75, 3.05) is 39.6 Å². The number of aliphatic hydroxyl groups excluding tert-OH is 1. The Bertz CT molecular complexity index is 2840. The summed E-state index contributed by atoms with van der Waals surface area (Å²) >= 11 is 0. The third-order valence-corrected chi connectivity index (χ3v) is 19.3. The Kier molecular flexibility index (Phi) is 78.8. The maximum Gasteiger partial charge on any atom is 0.472 e. The molecule has 0 rings (SSSR count). The number of allylic oxidation sites excluding steroid dienone is 30. The molecule has 0 aliphatic rings. The summed E-state index contributed by atoms with van der Waals surface area (Å²) in [4.78, 5) is 73.3. The van der Waals surface area contributed by atoms with Gasteiger partial charge in [0.1, 0.15) is 19.3 Å². The average molecular weight is 1600 g/mol. The summed E-state index contributed by atoms with van der Waals surface area (Å²) in [5, 5.41) is 10.7. The molecule has 0 saturated heterocycles. The van der Waals surface area contributed by atoms with E-state index in [0.29, 0.717) is 32.1 Å². The summed E-state index contributed by atoms with van der Waals surface area (Å²) < 4.78 is 68.7. The summed E-state index contributed by atoms with van der Waals surface area (Å²) in [5.74, 6) is -2.35. The van der Waals surface area contributed by atoms with Crippen molar-refractivity contribution in [3.63, 3.8) is 0 Å². The van der Waals surface area contributed by atoms with E-state index in [4.69, 9.17) is 37.0 Å². The minimum Gasteiger partial charge on any atom is -0.462 e. The second-order valence-electron chi connectivity index (χ2n) is 28.0. The minimum absolute atomic E-state index is 0.0337. The van der Waals surface area contributed by atoms with E-state index in [-0.39, 0.29) is 25.7 Å². The first-order valence-electron chi connectivity index (χ1n) is 43.0. The van der Waals surface area contributed by atoms with Gasteiger partial charge in [-0.25, -0.2) is 9.13 Å². The number of rotatable bonds is 79. The number of hydrogen-bond acceptors (Lipinski definition) is 15. The van der Waals surface area contributed by atoms with E-state index < -0.39 is 97.5 Å². The maximum absolute atomic E-state index is 13.1. The van der Waals surface area contributed by atoms with Gasteiger partial charge in [-0.2, -0.15) is 0 Å². The fraction of sp³-hybridized carbons (Fsp3) is 0.634. The van der Waals surface area contributed by atoms with Crippen LogP contribution in [0.3, 0.4) is 0 Å². The first-order valence-corrected chi connectivity index (χ1v) is 46.0. The minimum atomic E-state index is -5.01. The van der Waals surface area contributed by atoms with Gasteiger partial charge in [0.15, 0.2) is 12.2 Å². The zero-order chi connectivity index (χ0) is 81.7. The van der Waals surface area contributed by atoms with Gasteiger partial charge >= 0.3 is 39.5 Å². The van der Waals surface area contributed by atoms with Crippen molar-refractivity contribution < 1.29 is 80.2 Å². The summed E-state index contributed by atoms with van der Waals surface area (Å²) in [7, 11) is -10.0. The lowest BCUT2D eigenvalue weighted by molar-refractivity contribution is -0.161. The molecule has 0 heterocycles. The molecule has 0 aliphatic heterocycles. The molecule has 5 atom stereocenters. The molecule has 17 nitrogen and oxygen atoms in total. The highest BCUT2D eigenvalue weighted by atomic mass is 31.2. The number of esters is 4. The number of phosphoric ester groups is 2. The summed E-state index contributed by atoms with van der Waals surface area (Å²) in [6.07, 6.45) is 102. The highest BCUT2D eigenvalue weighted by Crippen LogP contribution is 2.45. The molecule has 0 saturated carbocycles. The van der Waals surface area contributed by atoms with Crippen LogP contribution in [0.1, 0.15) is 323 Å². The zero-order valence-corrected chi connectivity index (χ0v) is 71.6. The monoisotopic (exact) mass is 1600 g/mol. The number of carbonyl (C=O) groups is 4. The molecule has 2 unspecified atom stereocenters. The Morgan fingerprint density at radius 2 is 0.482 bits per heavy atom. The molecule has 0 spiro atoms. The first-order chi connectivity index (χ1) is 54.7. The lowest BCUT2D eigenvalue weighted by atomic mass is 10.0. The molecule has 19 heteroatoms. The average Bonchev–Trinajstić information content (AvgIpc) is 0.908. The van der Waals surface area contributed by atoms with Crippen LogP contribution in [0.5, 0.6) is 0 Å². The Balaban J connectivity index is 5.53.